The first-order valence-electron chi connectivity index (χ1n) is 9.72. The minimum absolute atomic E-state index is 0.222. The number of sulfonamides is 1. The van der Waals surface area contributed by atoms with Gasteiger partial charge in [0.25, 0.3) is 0 Å². The van der Waals surface area contributed by atoms with Crippen LogP contribution in [-0.4, -0.2) is 31.7 Å². The molecule has 0 aromatic heterocycles. The molecule has 1 N–H and O–H groups in total. The number of halogens is 1. The van der Waals surface area contributed by atoms with Crippen molar-refractivity contribution in [2.45, 2.75) is 37.5 Å². The fourth-order valence-corrected chi connectivity index (χ4v) is 5.07. The van der Waals surface area contributed by atoms with Crippen LogP contribution in [0.25, 0.3) is 6.08 Å². The van der Waals surface area contributed by atoms with Crippen molar-refractivity contribution in [2.24, 2.45) is 0 Å². The van der Waals surface area contributed by atoms with Gasteiger partial charge in [0, 0.05) is 24.9 Å². The van der Waals surface area contributed by atoms with Crippen LogP contribution in [-0.2, 0) is 14.8 Å². The highest BCUT2D eigenvalue weighted by molar-refractivity contribution is 7.89. The Kier molecular flexibility index (Phi) is 6.82. The van der Waals surface area contributed by atoms with Gasteiger partial charge in [-0.25, -0.2) is 12.8 Å². The summed E-state index contributed by atoms with van der Waals surface area (Å²) in [4.78, 5) is 12.4. The molecule has 1 saturated heterocycles. The summed E-state index contributed by atoms with van der Waals surface area (Å²) in [7, 11) is -3.61. The summed E-state index contributed by atoms with van der Waals surface area (Å²) in [5.41, 5.74) is 1.75. The molecule has 1 amide bonds. The van der Waals surface area contributed by atoms with Gasteiger partial charge in [0.2, 0.25) is 15.9 Å². The van der Waals surface area contributed by atoms with E-state index in [4.69, 9.17) is 0 Å². The van der Waals surface area contributed by atoms with Crippen molar-refractivity contribution >= 4 is 27.7 Å². The van der Waals surface area contributed by atoms with Crippen molar-refractivity contribution in [3.63, 3.8) is 0 Å². The van der Waals surface area contributed by atoms with E-state index in [0.29, 0.717) is 29.9 Å². The summed E-state index contributed by atoms with van der Waals surface area (Å²) in [6.45, 7) is 2.81. The molecule has 5 nitrogen and oxygen atoms in total. The second kappa shape index (κ2) is 9.33. The van der Waals surface area contributed by atoms with Crippen molar-refractivity contribution < 1.29 is 17.6 Å². The number of carbonyl (C=O) groups excluding carboxylic acids is 1. The van der Waals surface area contributed by atoms with Crippen LogP contribution < -0.4 is 5.32 Å². The number of benzene rings is 2. The average molecular weight is 417 g/mol. The van der Waals surface area contributed by atoms with Crippen LogP contribution >= 0.6 is 0 Å². The zero-order chi connectivity index (χ0) is 20.9. The minimum Gasteiger partial charge on any atom is -0.322 e. The van der Waals surface area contributed by atoms with Crippen molar-refractivity contribution in [3.8, 4) is 0 Å². The molecule has 29 heavy (non-hydrogen) atoms. The second-order valence-electron chi connectivity index (χ2n) is 7.17. The zero-order valence-corrected chi connectivity index (χ0v) is 17.2. The summed E-state index contributed by atoms with van der Waals surface area (Å²) in [6.07, 6.45) is 6.71. The molecular formula is C22H25FN2O3S. The monoisotopic (exact) mass is 416 g/mol. The van der Waals surface area contributed by atoms with E-state index >= 15 is 0 Å². The third-order valence-electron chi connectivity index (χ3n) is 4.94. The molecule has 1 aliphatic heterocycles. The van der Waals surface area contributed by atoms with Gasteiger partial charge in [-0.2, -0.15) is 4.31 Å². The number of aryl methyl sites for hydroxylation is 1. The standard InChI is InChI=1S/C22H25FN2O3S/c1-17-6-12-20(24-22(26)13-9-18-7-10-19(23)11-8-18)16-21(17)29(27,28)25-14-4-2-3-5-15-25/h6-13,16H,2-5,14-15H2,1H3,(H,24,26). The third-order valence-corrected chi connectivity index (χ3v) is 6.98. The van der Waals surface area contributed by atoms with Crippen LogP contribution in [0.5, 0.6) is 0 Å². The van der Waals surface area contributed by atoms with E-state index in [1.54, 1.807) is 41.6 Å². The SMILES string of the molecule is Cc1ccc(NC(=O)C=Cc2ccc(F)cc2)cc1S(=O)(=O)N1CCCCCC1. The Balaban J connectivity index is 1.76. The Morgan fingerprint density at radius 3 is 2.34 bits per heavy atom. The van der Waals surface area contributed by atoms with Gasteiger partial charge in [-0.05, 0) is 61.2 Å². The highest BCUT2D eigenvalue weighted by Gasteiger charge is 2.27. The van der Waals surface area contributed by atoms with Crippen LogP contribution in [0.1, 0.15) is 36.8 Å². The molecule has 1 heterocycles. The van der Waals surface area contributed by atoms with Gasteiger partial charge in [0.15, 0.2) is 0 Å². The Hall–Kier alpha value is -2.51. The molecule has 0 aliphatic carbocycles. The number of anilines is 1. The van der Waals surface area contributed by atoms with Crippen molar-refractivity contribution in [2.75, 3.05) is 18.4 Å². The molecule has 3 rings (SSSR count). The normalized spacial score (nSPS) is 15.9. The van der Waals surface area contributed by atoms with Gasteiger partial charge < -0.3 is 5.32 Å². The van der Waals surface area contributed by atoms with Crippen molar-refractivity contribution in [3.05, 3.63) is 65.5 Å². The summed E-state index contributed by atoms with van der Waals surface area (Å²) >= 11 is 0. The Labute approximate surface area is 171 Å². The Morgan fingerprint density at radius 1 is 1.03 bits per heavy atom. The maximum absolute atomic E-state index is 13.1. The van der Waals surface area contributed by atoms with Crippen LogP contribution in [0.3, 0.4) is 0 Å². The van der Waals surface area contributed by atoms with Crippen LogP contribution in [0.15, 0.2) is 53.4 Å². The molecule has 7 heteroatoms. The number of nitrogens with zero attached hydrogens (tertiary/aromatic N) is 1. The van der Waals surface area contributed by atoms with E-state index in [1.165, 1.54) is 24.3 Å². The predicted molar refractivity (Wildman–Crippen MR) is 112 cm³/mol. The molecule has 0 saturated carbocycles. The van der Waals surface area contributed by atoms with E-state index in [9.17, 15) is 17.6 Å². The smallest absolute Gasteiger partial charge is 0.248 e. The molecular weight excluding hydrogens is 391 g/mol. The van der Waals surface area contributed by atoms with Gasteiger partial charge in [0.1, 0.15) is 5.82 Å². The first kappa shape index (κ1) is 21.2. The quantitative estimate of drug-likeness (QED) is 0.737. The Morgan fingerprint density at radius 2 is 1.69 bits per heavy atom. The van der Waals surface area contributed by atoms with Gasteiger partial charge >= 0.3 is 0 Å². The second-order valence-corrected chi connectivity index (χ2v) is 9.08. The zero-order valence-electron chi connectivity index (χ0n) is 16.4. The van der Waals surface area contributed by atoms with Gasteiger partial charge in [-0.1, -0.05) is 31.0 Å². The molecule has 154 valence electrons. The molecule has 1 aliphatic rings. The Bertz CT molecular complexity index is 993. The van der Waals surface area contributed by atoms with Crippen LogP contribution in [0.4, 0.5) is 10.1 Å². The molecule has 0 unspecified atom stereocenters. The molecule has 0 spiro atoms. The first-order chi connectivity index (χ1) is 13.9. The molecule has 0 atom stereocenters. The number of hydrogen-bond acceptors (Lipinski definition) is 3. The van der Waals surface area contributed by atoms with E-state index in [0.717, 1.165) is 25.7 Å². The lowest BCUT2D eigenvalue weighted by Gasteiger charge is -2.21. The van der Waals surface area contributed by atoms with Gasteiger partial charge in [-0.3, -0.25) is 4.79 Å². The maximum atomic E-state index is 13.1. The topological polar surface area (TPSA) is 66.5 Å². The molecule has 1 fully saturated rings. The highest BCUT2D eigenvalue weighted by Crippen LogP contribution is 2.26. The average Bonchev–Trinajstić information content (AvgIpc) is 2.99. The fraction of sp³-hybridized carbons (Fsp3) is 0.318. The number of carbonyl (C=O) groups is 1. The van der Waals surface area contributed by atoms with Crippen molar-refractivity contribution in [1.82, 2.24) is 4.31 Å². The third kappa shape index (κ3) is 5.52. The lowest BCUT2D eigenvalue weighted by Crippen LogP contribution is -2.32. The van der Waals surface area contributed by atoms with Crippen LogP contribution in [0, 0.1) is 12.7 Å². The van der Waals surface area contributed by atoms with Gasteiger partial charge in [-0.15, -0.1) is 0 Å². The van der Waals surface area contributed by atoms with Crippen molar-refractivity contribution in [1.29, 1.82) is 0 Å². The summed E-state index contributed by atoms with van der Waals surface area (Å²) < 4.78 is 40.7. The minimum atomic E-state index is -3.61. The van der Waals surface area contributed by atoms with Gasteiger partial charge in [0.05, 0.1) is 4.90 Å². The predicted octanol–water partition coefficient (Wildman–Crippen LogP) is 4.35. The molecule has 0 bridgehead atoms. The molecule has 2 aromatic rings. The summed E-state index contributed by atoms with van der Waals surface area (Å²) in [6, 6.07) is 10.7. The molecule has 0 radical (unpaired) electrons. The van der Waals surface area contributed by atoms with E-state index in [-0.39, 0.29) is 10.7 Å². The van der Waals surface area contributed by atoms with E-state index in [2.05, 4.69) is 5.32 Å². The highest BCUT2D eigenvalue weighted by atomic mass is 32.2. The number of amides is 1. The largest absolute Gasteiger partial charge is 0.322 e. The lowest BCUT2D eigenvalue weighted by molar-refractivity contribution is -0.111. The summed E-state index contributed by atoms with van der Waals surface area (Å²) in [5, 5.41) is 2.70. The van der Waals surface area contributed by atoms with Crippen LogP contribution in [0.2, 0.25) is 0 Å². The lowest BCUT2D eigenvalue weighted by atomic mass is 10.2. The fourth-order valence-electron chi connectivity index (χ4n) is 3.31. The number of rotatable bonds is 5. The van der Waals surface area contributed by atoms with E-state index < -0.39 is 15.9 Å². The number of hydrogen-bond donors (Lipinski definition) is 1. The molecule has 2 aromatic carbocycles. The number of nitrogens with one attached hydrogen (secondary N) is 1. The summed E-state index contributed by atoms with van der Waals surface area (Å²) in [5.74, 6) is -0.735. The first-order valence-corrected chi connectivity index (χ1v) is 11.2. The maximum Gasteiger partial charge on any atom is 0.248 e. The van der Waals surface area contributed by atoms with E-state index in [1.807, 2.05) is 0 Å².